The zero-order chi connectivity index (χ0) is 26.0. The number of carbonyl (C=O) groups excluding carboxylic acids is 4. The van der Waals surface area contributed by atoms with Crippen LogP contribution in [0.15, 0.2) is 84.9 Å². The number of anilines is 2. The molecular weight excluding hydrogens is 480 g/mol. The molecule has 0 bridgehead atoms. The third kappa shape index (κ3) is 3.23. The smallest absolute Gasteiger partial charge is 0.238 e. The van der Waals surface area contributed by atoms with Gasteiger partial charge >= 0.3 is 0 Å². The highest BCUT2D eigenvalue weighted by molar-refractivity contribution is 6.27. The Balaban J connectivity index is 1.42. The van der Waals surface area contributed by atoms with Gasteiger partial charge in [-0.25, -0.2) is 9.97 Å². The van der Waals surface area contributed by atoms with E-state index in [0.29, 0.717) is 33.8 Å². The second-order valence-corrected chi connectivity index (χ2v) is 9.97. The Bertz CT molecular complexity index is 1520. The van der Waals surface area contributed by atoms with Crippen molar-refractivity contribution in [3.63, 3.8) is 0 Å². The van der Waals surface area contributed by atoms with Crippen LogP contribution in [0.5, 0.6) is 0 Å². The first-order valence-electron chi connectivity index (χ1n) is 12.6. The highest BCUT2D eigenvalue weighted by Gasteiger charge is 2.61. The van der Waals surface area contributed by atoms with Gasteiger partial charge in [0.15, 0.2) is 0 Å². The van der Waals surface area contributed by atoms with Gasteiger partial charge in [0.2, 0.25) is 23.6 Å². The number of imide groups is 2. The maximum absolute atomic E-state index is 14.0. The van der Waals surface area contributed by atoms with E-state index in [4.69, 9.17) is 9.97 Å². The van der Waals surface area contributed by atoms with E-state index in [9.17, 15) is 19.2 Å². The van der Waals surface area contributed by atoms with Crippen molar-refractivity contribution >= 4 is 46.0 Å². The summed E-state index contributed by atoms with van der Waals surface area (Å²) in [6.07, 6.45) is 0.337. The number of fused-ring (bicyclic) bond motifs is 5. The molecule has 3 heterocycles. The molecule has 38 heavy (non-hydrogen) atoms. The molecule has 4 aromatic rings. The molecular formula is C30H22N4O4. The fraction of sp³-hybridized carbons (Fsp3) is 0.200. The summed E-state index contributed by atoms with van der Waals surface area (Å²) < 4.78 is 0. The van der Waals surface area contributed by atoms with Crippen LogP contribution in [-0.4, -0.2) is 33.6 Å². The molecule has 1 aromatic heterocycles. The van der Waals surface area contributed by atoms with E-state index in [1.807, 2.05) is 36.4 Å². The monoisotopic (exact) mass is 502 g/mol. The lowest BCUT2D eigenvalue weighted by Crippen LogP contribution is -2.39. The predicted molar refractivity (Wildman–Crippen MR) is 139 cm³/mol. The van der Waals surface area contributed by atoms with Gasteiger partial charge in [0, 0.05) is 12.8 Å². The van der Waals surface area contributed by atoms with Crippen molar-refractivity contribution in [2.45, 2.75) is 12.8 Å². The van der Waals surface area contributed by atoms with E-state index >= 15 is 0 Å². The Morgan fingerprint density at radius 1 is 0.500 bits per heavy atom. The van der Waals surface area contributed by atoms with Gasteiger partial charge in [0.1, 0.15) is 0 Å². The first-order valence-corrected chi connectivity index (χ1v) is 12.6. The Kier molecular flexibility index (Phi) is 4.97. The molecule has 0 N–H and O–H groups in total. The number of carbonyl (C=O) groups is 4. The van der Waals surface area contributed by atoms with E-state index in [-0.39, 0.29) is 24.7 Å². The molecule has 3 aliphatic rings. The first-order chi connectivity index (χ1) is 18.5. The number of amides is 4. The molecule has 4 amide bonds. The maximum atomic E-state index is 14.0. The molecule has 0 radical (unpaired) electrons. The minimum Gasteiger partial charge on any atom is -0.274 e. The molecule has 186 valence electrons. The fourth-order valence-corrected chi connectivity index (χ4v) is 6.21. The van der Waals surface area contributed by atoms with Crippen molar-refractivity contribution in [1.29, 1.82) is 0 Å². The van der Waals surface area contributed by atoms with Gasteiger partial charge < -0.3 is 0 Å². The molecule has 7 rings (SSSR count). The molecule has 8 nitrogen and oxygen atoms in total. The van der Waals surface area contributed by atoms with Gasteiger partial charge in [-0.05, 0) is 36.4 Å². The number of nitrogens with zero attached hydrogens (tertiary/aromatic N) is 4. The molecule has 8 heteroatoms. The summed E-state index contributed by atoms with van der Waals surface area (Å²) in [7, 11) is 0. The molecule has 1 aliphatic carbocycles. The van der Waals surface area contributed by atoms with Gasteiger partial charge in [-0.3, -0.25) is 29.0 Å². The quantitative estimate of drug-likeness (QED) is 0.390. The Hall–Kier alpha value is -4.72. The summed E-state index contributed by atoms with van der Waals surface area (Å²) >= 11 is 0. The molecule has 2 aliphatic heterocycles. The minimum absolute atomic E-state index is 0.168. The molecule has 3 aromatic carbocycles. The van der Waals surface area contributed by atoms with Gasteiger partial charge in [-0.1, -0.05) is 48.5 Å². The lowest BCUT2D eigenvalue weighted by Gasteiger charge is -2.27. The topological polar surface area (TPSA) is 101 Å². The largest absolute Gasteiger partial charge is 0.274 e. The third-order valence-electron chi connectivity index (χ3n) is 7.92. The van der Waals surface area contributed by atoms with E-state index in [1.54, 1.807) is 48.5 Å². The van der Waals surface area contributed by atoms with Crippen LogP contribution in [-0.2, 0) is 32.0 Å². The molecule has 2 saturated heterocycles. The van der Waals surface area contributed by atoms with Crippen molar-refractivity contribution in [2.75, 3.05) is 9.80 Å². The molecule has 4 atom stereocenters. The predicted octanol–water partition coefficient (Wildman–Crippen LogP) is 3.34. The summed E-state index contributed by atoms with van der Waals surface area (Å²) in [6, 6.07) is 24.9. The Morgan fingerprint density at radius 2 is 0.868 bits per heavy atom. The lowest BCUT2D eigenvalue weighted by molar-refractivity contribution is -0.131. The molecule has 0 spiro atoms. The maximum Gasteiger partial charge on any atom is 0.238 e. The van der Waals surface area contributed by atoms with Crippen LogP contribution >= 0.6 is 0 Å². The van der Waals surface area contributed by atoms with Crippen LogP contribution in [0, 0.1) is 23.7 Å². The van der Waals surface area contributed by atoms with Crippen LogP contribution in [0.2, 0.25) is 0 Å². The van der Waals surface area contributed by atoms with Gasteiger partial charge in [-0.2, -0.15) is 0 Å². The van der Waals surface area contributed by atoms with Crippen molar-refractivity contribution < 1.29 is 19.2 Å². The van der Waals surface area contributed by atoms with Crippen LogP contribution in [0.3, 0.4) is 0 Å². The summed E-state index contributed by atoms with van der Waals surface area (Å²) in [6.45, 7) is 0. The average Bonchev–Trinajstić information content (AvgIpc) is 3.30. The third-order valence-corrected chi connectivity index (χ3v) is 7.92. The van der Waals surface area contributed by atoms with E-state index < -0.39 is 35.5 Å². The average molecular weight is 503 g/mol. The number of para-hydroxylation sites is 4. The van der Waals surface area contributed by atoms with E-state index in [2.05, 4.69) is 0 Å². The lowest BCUT2D eigenvalue weighted by atomic mass is 9.72. The molecule has 0 saturated carbocycles. The molecule has 2 fully saturated rings. The number of benzene rings is 3. The van der Waals surface area contributed by atoms with Gasteiger partial charge in [0.25, 0.3) is 0 Å². The standard InChI is InChI=1S/C30H22N4O4/c35-27-19-15-23-24(32-22-14-8-7-13-21(22)31-23)16-20-26(25(19)29(37)33(27)17-9-3-1-4-10-17)30(38)34(28(20)36)18-11-5-2-6-12-18/h1-14,19-20,25-26H,15-16H2/t19-,20-,25-,26-/m0/s1. The summed E-state index contributed by atoms with van der Waals surface area (Å²) in [4.78, 5) is 67.6. The second kappa shape index (κ2) is 8.41. The van der Waals surface area contributed by atoms with Crippen LogP contribution in [0.4, 0.5) is 11.4 Å². The van der Waals surface area contributed by atoms with Crippen LogP contribution < -0.4 is 9.80 Å². The second-order valence-electron chi connectivity index (χ2n) is 9.97. The first kappa shape index (κ1) is 22.5. The van der Waals surface area contributed by atoms with Crippen molar-refractivity contribution in [2.24, 2.45) is 23.7 Å². The van der Waals surface area contributed by atoms with Crippen molar-refractivity contribution in [1.82, 2.24) is 9.97 Å². The minimum atomic E-state index is -0.973. The number of hydrogen-bond acceptors (Lipinski definition) is 6. The van der Waals surface area contributed by atoms with Gasteiger partial charge in [0.05, 0.1) is 57.5 Å². The van der Waals surface area contributed by atoms with E-state index in [1.165, 1.54) is 9.80 Å². The highest BCUT2D eigenvalue weighted by Crippen LogP contribution is 2.47. The fourth-order valence-electron chi connectivity index (χ4n) is 6.21. The van der Waals surface area contributed by atoms with Crippen LogP contribution in [0.25, 0.3) is 11.0 Å². The normalized spacial score (nSPS) is 24.7. The number of rotatable bonds is 2. The van der Waals surface area contributed by atoms with Crippen molar-refractivity contribution in [3.05, 3.63) is 96.3 Å². The number of hydrogen-bond donors (Lipinski definition) is 0. The Labute approximate surface area is 217 Å². The Morgan fingerprint density at radius 3 is 1.26 bits per heavy atom. The summed E-state index contributed by atoms with van der Waals surface area (Å²) in [5, 5.41) is 0. The van der Waals surface area contributed by atoms with E-state index in [0.717, 1.165) is 0 Å². The highest BCUT2D eigenvalue weighted by atomic mass is 16.2. The molecule has 0 unspecified atom stereocenters. The zero-order valence-electron chi connectivity index (χ0n) is 20.2. The zero-order valence-corrected chi connectivity index (χ0v) is 20.2. The number of aromatic nitrogens is 2. The summed E-state index contributed by atoms with van der Waals surface area (Å²) in [5.41, 5.74) is 3.44. The SMILES string of the molecule is O=C1[C@@H]2[C@H]3C(=O)N(c4ccccc4)C(=O)[C@H]3Cc3nc4ccccc4nc3C[C@@H]2C(=O)N1c1ccccc1. The van der Waals surface area contributed by atoms with Crippen molar-refractivity contribution in [3.8, 4) is 0 Å². The summed E-state index contributed by atoms with van der Waals surface area (Å²) in [5.74, 6) is -5.28. The van der Waals surface area contributed by atoms with Gasteiger partial charge in [-0.15, -0.1) is 0 Å². The van der Waals surface area contributed by atoms with Crippen LogP contribution in [0.1, 0.15) is 11.4 Å².